The van der Waals surface area contributed by atoms with Crippen molar-refractivity contribution in [3.8, 4) is 5.75 Å². The molecule has 0 saturated heterocycles. The molecule has 6 heteroatoms. The topological polar surface area (TPSA) is 68.5 Å². The molecule has 102 valence electrons. The SMILES string of the molecule is Nc1ccc2c(c1)N(Cc1cncc(F)c1)C(=O)CO2. The Morgan fingerprint density at radius 3 is 3.00 bits per heavy atom. The third-order valence-corrected chi connectivity index (χ3v) is 3.03. The number of nitrogen functional groups attached to an aromatic ring is 1. The van der Waals surface area contributed by atoms with E-state index in [0.29, 0.717) is 22.7 Å². The monoisotopic (exact) mass is 273 g/mol. The van der Waals surface area contributed by atoms with Crippen LogP contribution in [0.15, 0.2) is 36.7 Å². The number of halogens is 1. The summed E-state index contributed by atoms with van der Waals surface area (Å²) in [5.74, 6) is -0.0495. The average molecular weight is 273 g/mol. The number of hydrogen-bond acceptors (Lipinski definition) is 4. The standard InChI is InChI=1S/C14H12FN3O2/c15-10-3-9(5-17-6-10)7-18-12-4-11(16)1-2-13(12)20-8-14(18)19/h1-6H,7-8,16H2. The van der Waals surface area contributed by atoms with Gasteiger partial charge in [0.25, 0.3) is 5.91 Å². The summed E-state index contributed by atoms with van der Waals surface area (Å²) in [5.41, 5.74) is 7.47. The number of nitrogens with two attached hydrogens (primary N) is 1. The summed E-state index contributed by atoms with van der Waals surface area (Å²) < 4.78 is 18.5. The molecule has 1 aliphatic rings. The van der Waals surface area contributed by atoms with Gasteiger partial charge < -0.3 is 15.4 Å². The summed E-state index contributed by atoms with van der Waals surface area (Å²) in [6, 6.07) is 6.44. The van der Waals surface area contributed by atoms with E-state index in [2.05, 4.69) is 4.98 Å². The summed E-state index contributed by atoms with van der Waals surface area (Å²) in [6.45, 7) is 0.184. The van der Waals surface area contributed by atoms with E-state index in [1.807, 2.05) is 0 Å². The number of amides is 1. The Morgan fingerprint density at radius 2 is 2.20 bits per heavy atom. The zero-order valence-corrected chi connectivity index (χ0v) is 10.5. The molecule has 1 aromatic heterocycles. The van der Waals surface area contributed by atoms with Crippen LogP contribution in [0.1, 0.15) is 5.56 Å². The van der Waals surface area contributed by atoms with E-state index in [1.165, 1.54) is 17.2 Å². The molecule has 0 fully saturated rings. The summed E-state index contributed by atoms with van der Waals surface area (Å²) in [5, 5.41) is 0. The van der Waals surface area contributed by atoms with Gasteiger partial charge in [0.05, 0.1) is 18.4 Å². The van der Waals surface area contributed by atoms with E-state index in [-0.39, 0.29) is 19.1 Å². The normalized spacial score (nSPS) is 13.8. The Hall–Kier alpha value is -2.63. The van der Waals surface area contributed by atoms with E-state index in [4.69, 9.17) is 10.5 Å². The molecule has 1 amide bonds. The van der Waals surface area contributed by atoms with Gasteiger partial charge in [-0.25, -0.2) is 4.39 Å². The first-order valence-corrected chi connectivity index (χ1v) is 6.05. The van der Waals surface area contributed by atoms with Crippen LogP contribution >= 0.6 is 0 Å². The highest BCUT2D eigenvalue weighted by Gasteiger charge is 2.25. The van der Waals surface area contributed by atoms with Gasteiger partial charge in [0.15, 0.2) is 6.61 Å². The fourth-order valence-electron chi connectivity index (χ4n) is 2.12. The van der Waals surface area contributed by atoms with Crippen molar-refractivity contribution in [2.75, 3.05) is 17.2 Å². The molecule has 2 N–H and O–H groups in total. The number of carbonyl (C=O) groups excluding carboxylic acids is 1. The number of fused-ring (bicyclic) bond motifs is 1. The first-order chi connectivity index (χ1) is 9.63. The van der Waals surface area contributed by atoms with Crippen molar-refractivity contribution in [1.82, 2.24) is 4.98 Å². The molecular weight excluding hydrogens is 261 g/mol. The second-order valence-corrected chi connectivity index (χ2v) is 4.51. The van der Waals surface area contributed by atoms with Crippen molar-refractivity contribution in [1.29, 1.82) is 0 Å². The van der Waals surface area contributed by atoms with E-state index >= 15 is 0 Å². The van der Waals surface area contributed by atoms with Crippen LogP contribution in [0, 0.1) is 5.82 Å². The Kier molecular flexibility index (Phi) is 2.98. The quantitative estimate of drug-likeness (QED) is 0.846. The van der Waals surface area contributed by atoms with Crippen LogP contribution in [0.5, 0.6) is 5.75 Å². The molecule has 0 radical (unpaired) electrons. The average Bonchev–Trinajstić information content (AvgIpc) is 2.42. The number of anilines is 2. The van der Waals surface area contributed by atoms with Crippen LogP contribution in [0.3, 0.4) is 0 Å². The third kappa shape index (κ3) is 2.27. The predicted molar refractivity (Wildman–Crippen MR) is 71.7 cm³/mol. The second-order valence-electron chi connectivity index (χ2n) is 4.51. The van der Waals surface area contributed by atoms with E-state index in [9.17, 15) is 9.18 Å². The first kappa shape index (κ1) is 12.4. The number of aromatic nitrogens is 1. The molecule has 5 nitrogen and oxygen atoms in total. The third-order valence-electron chi connectivity index (χ3n) is 3.03. The number of nitrogens with zero attached hydrogens (tertiary/aromatic N) is 2. The number of hydrogen-bond donors (Lipinski definition) is 1. The summed E-state index contributed by atoms with van der Waals surface area (Å²) >= 11 is 0. The molecule has 0 aliphatic carbocycles. The van der Waals surface area contributed by atoms with Gasteiger partial charge >= 0.3 is 0 Å². The van der Waals surface area contributed by atoms with Gasteiger partial charge in [-0.3, -0.25) is 9.78 Å². The van der Waals surface area contributed by atoms with E-state index in [0.717, 1.165) is 6.20 Å². The van der Waals surface area contributed by atoms with Gasteiger partial charge in [0.2, 0.25) is 0 Å². The lowest BCUT2D eigenvalue weighted by atomic mass is 10.2. The number of pyridine rings is 1. The minimum Gasteiger partial charge on any atom is -0.482 e. The van der Waals surface area contributed by atoms with Gasteiger partial charge in [-0.2, -0.15) is 0 Å². The first-order valence-electron chi connectivity index (χ1n) is 6.05. The zero-order chi connectivity index (χ0) is 14.1. The molecule has 0 unspecified atom stereocenters. The summed E-state index contributed by atoms with van der Waals surface area (Å²) in [6.07, 6.45) is 2.65. The summed E-state index contributed by atoms with van der Waals surface area (Å²) in [7, 11) is 0. The van der Waals surface area contributed by atoms with Crippen molar-refractivity contribution in [2.45, 2.75) is 6.54 Å². The minimum absolute atomic E-state index is 0.0420. The highest BCUT2D eigenvalue weighted by molar-refractivity contribution is 5.98. The Labute approximate surface area is 114 Å². The largest absolute Gasteiger partial charge is 0.482 e. The predicted octanol–water partition coefficient (Wildman–Crippen LogP) is 1.73. The molecular formula is C14H12FN3O2. The summed E-state index contributed by atoms with van der Waals surface area (Å²) in [4.78, 5) is 17.3. The Balaban J connectivity index is 1.97. The van der Waals surface area contributed by atoms with Crippen LogP contribution in [-0.4, -0.2) is 17.5 Å². The van der Waals surface area contributed by atoms with Gasteiger partial charge in [-0.05, 0) is 29.8 Å². The van der Waals surface area contributed by atoms with Gasteiger partial charge in [-0.15, -0.1) is 0 Å². The molecule has 1 aliphatic heterocycles. The molecule has 0 spiro atoms. The second kappa shape index (κ2) is 4.80. The number of ether oxygens (including phenoxy) is 1. The maximum atomic E-state index is 13.2. The minimum atomic E-state index is -0.434. The lowest BCUT2D eigenvalue weighted by Crippen LogP contribution is -2.38. The van der Waals surface area contributed by atoms with Crippen molar-refractivity contribution >= 4 is 17.3 Å². The highest BCUT2D eigenvalue weighted by atomic mass is 19.1. The molecule has 0 saturated carbocycles. The molecule has 1 aromatic carbocycles. The molecule has 20 heavy (non-hydrogen) atoms. The van der Waals surface area contributed by atoms with Crippen molar-refractivity contribution in [3.05, 3.63) is 48.0 Å². The maximum absolute atomic E-state index is 13.2. The van der Waals surface area contributed by atoms with Crippen molar-refractivity contribution < 1.29 is 13.9 Å². The van der Waals surface area contributed by atoms with E-state index < -0.39 is 5.82 Å². The Bertz CT molecular complexity index is 675. The lowest BCUT2D eigenvalue weighted by molar-refractivity contribution is -0.121. The highest BCUT2D eigenvalue weighted by Crippen LogP contribution is 2.34. The molecule has 2 aromatic rings. The van der Waals surface area contributed by atoms with Crippen LogP contribution in [-0.2, 0) is 11.3 Å². The lowest BCUT2D eigenvalue weighted by Gasteiger charge is -2.29. The van der Waals surface area contributed by atoms with Crippen LogP contribution in [0.25, 0.3) is 0 Å². The number of benzene rings is 1. The molecule has 3 rings (SSSR count). The fourth-order valence-corrected chi connectivity index (χ4v) is 2.12. The molecule has 2 heterocycles. The molecule has 0 bridgehead atoms. The zero-order valence-electron chi connectivity index (χ0n) is 10.5. The van der Waals surface area contributed by atoms with Crippen molar-refractivity contribution in [3.63, 3.8) is 0 Å². The number of carbonyl (C=O) groups is 1. The maximum Gasteiger partial charge on any atom is 0.265 e. The van der Waals surface area contributed by atoms with E-state index in [1.54, 1.807) is 18.2 Å². The smallest absolute Gasteiger partial charge is 0.265 e. The van der Waals surface area contributed by atoms with Crippen LogP contribution in [0.4, 0.5) is 15.8 Å². The van der Waals surface area contributed by atoms with Gasteiger partial charge in [-0.1, -0.05) is 0 Å². The van der Waals surface area contributed by atoms with Gasteiger partial charge in [0, 0.05) is 11.9 Å². The van der Waals surface area contributed by atoms with Gasteiger partial charge in [0.1, 0.15) is 11.6 Å². The molecule has 0 atom stereocenters. The fraction of sp³-hybridized carbons (Fsp3) is 0.143. The van der Waals surface area contributed by atoms with Crippen LogP contribution < -0.4 is 15.4 Å². The van der Waals surface area contributed by atoms with Crippen molar-refractivity contribution in [2.24, 2.45) is 0 Å². The van der Waals surface area contributed by atoms with Crippen LogP contribution in [0.2, 0.25) is 0 Å². The number of rotatable bonds is 2. The Morgan fingerprint density at radius 1 is 1.35 bits per heavy atom.